The van der Waals surface area contributed by atoms with Crippen molar-refractivity contribution in [2.75, 3.05) is 20.2 Å². The van der Waals surface area contributed by atoms with Gasteiger partial charge >= 0.3 is 6.18 Å². The van der Waals surface area contributed by atoms with E-state index in [4.69, 9.17) is 10.00 Å². The van der Waals surface area contributed by atoms with Gasteiger partial charge in [0.2, 0.25) is 0 Å². The Morgan fingerprint density at radius 1 is 1.39 bits per heavy atom. The van der Waals surface area contributed by atoms with Crippen LogP contribution >= 0.6 is 0 Å². The molecule has 1 aliphatic rings. The third-order valence-corrected chi connectivity index (χ3v) is 4.20. The maximum Gasteiger partial charge on any atom is 0.414 e. The molecule has 1 heterocycles. The van der Waals surface area contributed by atoms with Gasteiger partial charge in [0.05, 0.1) is 12.7 Å². The van der Waals surface area contributed by atoms with Gasteiger partial charge in [-0.3, -0.25) is 4.90 Å². The molecule has 23 heavy (non-hydrogen) atoms. The molecular weight excluding hydrogens is 309 g/mol. The normalized spacial score (nSPS) is 18.4. The van der Waals surface area contributed by atoms with E-state index < -0.39 is 18.2 Å². The van der Waals surface area contributed by atoms with Crippen molar-refractivity contribution >= 4 is 0 Å². The van der Waals surface area contributed by atoms with Crippen LogP contribution in [0.2, 0.25) is 0 Å². The Labute approximate surface area is 133 Å². The molecule has 1 fully saturated rings. The number of nitrogens with zero attached hydrogens (tertiary/aromatic N) is 2. The zero-order chi connectivity index (χ0) is 17.0. The Balaban J connectivity index is 1.93. The number of halogens is 3. The molecule has 1 atom stereocenters. The Morgan fingerprint density at radius 2 is 2.04 bits per heavy atom. The molecule has 0 aromatic heterocycles. The first kappa shape index (κ1) is 17.6. The number of likely N-dealkylation sites (tertiary alicyclic amines) is 1. The van der Waals surface area contributed by atoms with Crippen molar-refractivity contribution < 1.29 is 23.0 Å². The van der Waals surface area contributed by atoms with Crippen LogP contribution in [0.3, 0.4) is 0 Å². The smallest absolute Gasteiger partial charge is 0.414 e. The standard InChI is InChI=1S/C16H19F3N2O2/c1-23-14-3-2-11(8-13(14)9-20)10-21-6-4-12(5-7-21)15(22)16(17,18)19/h2-3,8,12,15,22H,4-7,10H2,1H3. The average molecular weight is 328 g/mol. The number of methoxy groups -OCH3 is 1. The van der Waals surface area contributed by atoms with Gasteiger partial charge in [-0.25, -0.2) is 0 Å². The van der Waals surface area contributed by atoms with Gasteiger partial charge in [-0.1, -0.05) is 6.07 Å². The predicted octanol–water partition coefficient (Wildman–Crippen LogP) is 2.70. The molecule has 0 amide bonds. The molecule has 0 bridgehead atoms. The van der Waals surface area contributed by atoms with Gasteiger partial charge in [0.25, 0.3) is 0 Å². The molecule has 1 aliphatic heterocycles. The summed E-state index contributed by atoms with van der Waals surface area (Å²) in [6, 6.07) is 7.35. The zero-order valence-corrected chi connectivity index (χ0v) is 12.8. The molecule has 0 spiro atoms. The summed E-state index contributed by atoms with van der Waals surface area (Å²) in [5.41, 5.74) is 1.35. The molecular formula is C16H19F3N2O2. The Bertz CT molecular complexity index is 576. The molecule has 126 valence electrons. The summed E-state index contributed by atoms with van der Waals surface area (Å²) in [5.74, 6) is -0.236. The van der Waals surface area contributed by atoms with Gasteiger partial charge < -0.3 is 9.84 Å². The first-order valence-corrected chi connectivity index (χ1v) is 7.39. The molecule has 4 nitrogen and oxygen atoms in total. The first-order chi connectivity index (χ1) is 10.8. The molecule has 1 unspecified atom stereocenters. The van der Waals surface area contributed by atoms with Crippen LogP contribution in [0.4, 0.5) is 13.2 Å². The van der Waals surface area contributed by atoms with Gasteiger partial charge in [-0.2, -0.15) is 18.4 Å². The lowest BCUT2D eigenvalue weighted by Crippen LogP contribution is -2.43. The fraction of sp³-hybridized carbons (Fsp3) is 0.562. The number of nitriles is 1. The Hall–Kier alpha value is -1.78. The van der Waals surface area contributed by atoms with Crippen LogP contribution in [0.1, 0.15) is 24.0 Å². The van der Waals surface area contributed by atoms with Gasteiger partial charge in [-0.05, 0) is 49.5 Å². The lowest BCUT2D eigenvalue weighted by molar-refractivity contribution is -0.223. The van der Waals surface area contributed by atoms with E-state index in [9.17, 15) is 18.3 Å². The number of hydrogen-bond donors (Lipinski definition) is 1. The van der Waals surface area contributed by atoms with Crippen LogP contribution in [0, 0.1) is 17.2 Å². The highest BCUT2D eigenvalue weighted by Gasteiger charge is 2.44. The highest BCUT2D eigenvalue weighted by Crippen LogP contribution is 2.32. The van der Waals surface area contributed by atoms with Crippen molar-refractivity contribution in [3.05, 3.63) is 29.3 Å². The number of piperidine rings is 1. The number of rotatable bonds is 4. The minimum Gasteiger partial charge on any atom is -0.495 e. The molecule has 0 radical (unpaired) electrons. The van der Waals surface area contributed by atoms with Crippen molar-refractivity contribution in [1.29, 1.82) is 5.26 Å². The van der Waals surface area contributed by atoms with Crippen molar-refractivity contribution in [3.63, 3.8) is 0 Å². The van der Waals surface area contributed by atoms with E-state index in [0.29, 0.717) is 43.8 Å². The number of ether oxygens (including phenoxy) is 1. The lowest BCUT2D eigenvalue weighted by Gasteiger charge is -2.34. The molecule has 0 aliphatic carbocycles. The summed E-state index contributed by atoms with van der Waals surface area (Å²) in [5, 5.41) is 18.4. The zero-order valence-electron chi connectivity index (χ0n) is 12.8. The SMILES string of the molecule is COc1ccc(CN2CCC(C(O)C(F)(F)F)CC2)cc1C#N. The summed E-state index contributed by atoms with van der Waals surface area (Å²) in [7, 11) is 1.49. The topological polar surface area (TPSA) is 56.5 Å². The van der Waals surface area contributed by atoms with Gasteiger partial charge in [0.15, 0.2) is 6.10 Å². The van der Waals surface area contributed by atoms with Gasteiger partial charge in [-0.15, -0.1) is 0 Å². The van der Waals surface area contributed by atoms with Crippen molar-refractivity contribution in [2.24, 2.45) is 5.92 Å². The molecule has 0 saturated carbocycles. The van der Waals surface area contributed by atoms with E-state index in [1.165, 1.54) is 7.11 Å². The summed E-state index contributed by atoms with van der Waals surface area (Å²) in [6.07, 6.45) is -6.18. The number of hydrogen-bond acceptors (Lipinski definition) is 4. The summed E-state index contributed by atoms with van der Waals surface area (Å²) in [6.45, 7) is 1.55. The van der Waals surface area contributed by atoms with Crippen LogP contribution in [0.15, 0.2) is 18.2 Å². The maximum absolute atomic E-state index is 12.5. The van der Waals surface area contributed by atoms with E-state index in [0.717, 1.165) is 5.56 Å². The highest BCUT2D eigenvalue weighted by atomic mass is 19.4. The van der Waals surface area contributed by atoms with Crippen LogP contribution in [0.25, 0.3) is 0 Å². The van der Waals surface area contributed by atoms with E-state index >= 15 is 0 Å². The molecule has 1 N–H and O–H groups in total. The average Bonchev–Trinajstić information content (AvgIpc) is 2.54. The summed E-state index contributed by atoms with van der Waals surface area (Å²) >= 11 is 0. The summed E-state index contributed by atoms with van der Waals surface area (Å²) in [4.78, 5) is 2.03. The monoisotopic (exact) mass is 328 g/mol. The van der Waals surface area contributed by atoms with Crippen LogP contribution in [0.5, 0.6) is 5.75 Å². The third-order valence-electron chi connectivity index (χ3n) is 4.20. The fourth-order valence-electron chi connectivity index (χ4n) is 2.89. The largest absolute Gasteiger partial charge is 0.495 e. The molecule has 2 rings (SSSR count). The molecule has 1 aromatic carbocycles. The fourth-order valence-corrected chi connectivity index (χ4v) is 2.89. The molecule has 1 saturated heterocycles. The first-order valence-electron chi connectivity index (χ1n) is 7.39. The van der Waals surface area contributed by atoms with Gasteiger partial charge in [0, 0.05) is 6.54 Å². The minimum absolute atomic E-state index is 0.307. The second-order valence-electron chi connectivity index (χ2n) is 5.75. The van der Waals surface area contributed by atoms with E-state index in [-0.39, 0.29) is 0 Å². The minimum atomic E-state index is -4.55. The van der Waals surface area contributed by atoms with E-state index in [2.05, 4.69) is 6.07 Å². The second kappa shape index (κ2) is 7.20. The predicted molar refractivity (Wildman–Crippen MR) is 77.8 cm³/mol. The van der Waals surface area contributed by atoms with Crippen molar-refractivity contribution in [1.82, 2.24) is 4.90 Å². The lowest BCUT2D eigenvalue weighted by atomic mass is 9.90. The molecule has 7 heteroatoms. The third kappa shape index (κ3) is 4.36. The number of alkyl halides is 3. The van der Waals surface area contributed by atoms with E-state index in [1.54, 1.807) is 12.1 Å². The molecule has 1 aromatic rings. The van der Waals surface area contributed by atoms with Crippen LogP contribution < -0.4 is 4.74 Å². The van der Waals surface area contributed by atoms with Crippen molar-refractivity contribution in [2.45, 2.75) is 31.7 Å². The van der Waals surface area contributed by atoms with Gasteiger partial charge in [0.1, 0.15) is 11.8 Å². The number of aliphatic hydroxyl groups excluding tert-OH is 1. The quantitative estimate of drug-likeness (QED) is 0.923. The van der Waals surface area contributed by atoms with Crippen LogP contribution in [-0.4, -0.2) is 42.5 Å². The number of aliphatic hydroxyl groups is 1. The number of benzene rings is 1. The van der Waals surface area contributed by atoms with Crippen molar-refractivity contribution in [3.8, 4) is 11.8 Å². The maximum atomic E-state index is 12.5. The highest BCUT2D eigenvalue weighted by molar-refractivity contribution is 5.45. The van der Waals surface area contributed by atoms with E-state index in [1.807, 2.05) is 11.0 Å². The Morgan fingerprint density at radius 3 is 2.57 bits per heavy atom. The van der Waals surface area contributed by atoms with Crippen LogP contribution in [-0.2, 0) is 6.54 Å². The summed E-state index contributed by atoms with van der Waals surface area (Å²) < 4.78 is 42.7. The Kier molecular flexibility index (Phi) is 5.50. The second-order valence-corrected chi connectivity index (χ2v) is 5.75.